The largest absolute Gasteiger partial charge is 0.497 e. The molecule has 0 amide bonds. The first-order chi connectivity index (χ1) is 11.6. The number of fused-ring (bicyclic) bond motifs is 3. The van der Waals surface area contributed by atoms with Crippen molar-refractivity contribution in [3.63, 3.8) is 0 Å². The molecule has 0 saturated heterocycles. The highest BCUT2D eigenvalue weighted by atomic mass is 35.5. The summed E-state index contributed by atoms with van der Waals surface area (Å²) in [5.41, 5.74) is 2.31. The van der Waals surface area contributed by atoms with Crippen LogP contribution < -0.4 is 10.1 Å². The minimum absolute atomic E-state index is 0.277. The van der Waals surface area contributed by atoms with Crippen LogP contribution >= 0.6 is 22.9 Å². The zero-order chi connectivity index (χ0) is 16.7. The van der Waals surface area contributed by atoms with Gasteiger partial charge >= 0.3 is 0 Å². The SMILES string of the molecule is COc1cccc(Nc2nc(Cl)nc3sc4c(c23)CCC(C)C4)c1. The fourth-order valence-electron chi connectivity index (χ4n) is 3.24. The molecule has 0 radical (unpaired) electrons. The normalized spacial score (nSPS) is 16.9. The van der Waals surface area contributed by atoms with Crippen molar-refractivity contribution in [2.75, 3.05) is 12.4 Å². The molecule has 0 bridgehead atoms. The Morgan fingerprint density at radius 2 is 2.21 bits per heavy atom. The molecule has 1 N–H and O–H groups in total. The topological polar surface area (TPSA) is 47.0 Å². The summed E-state index contributed by atoms with van der Waals surface area (Å²) in [5.74, 6) is 2.31. The van der Waals surface area contributed by atoms with Gasteiger partial charge in [0.25, 0.3) is 0 Å². The van der Waals surface area contributed by atoms with Gasteiger partial charge in [-0.3, -0.25) is 0 Å². The van der Waals surface area contributed by atoms with Gasteiger partial charge in [0.2, 0.25) is 5.28 Å². The Labute approximate surface area is 149 Å². The number of anilines is 2. The van der Waals surface area contributed by atoms with Gasteiger partial charge in [0, 0.05) is 16.6 Å². The first-order valence-corrected chi connectivity index (χ1v) is 9.22. The maximum absolute atomic E-state index is 6.16. The van der Waals surface area contributed by atoms with Gasteiger partial charge in [-0.15, -0.1) is 11.3 Å². The Morgan fingerprint density at radius 1 is 1.33 bits per heavy atom. The van der Waals surface area contributed by atoms with Gasteiger partial charge in [0.1, 0.15) is 16.4 Å². The van der Waals surface area contributed by atoms with Crippen LogP contribution in [0, 0.1) is 5.92 Å². The van der Waals surface area contributed by atoms with E-state index >= 15 is 0 Å². The number of methoxy groups -OCH3 is 1. The number of rotatable bonds is 3. The summed E-state index contributed by atoms with van der Waals surface area (Å²) in [7, 11) is 1.66. The van der Waals surface area contributed by atoms with Crippen molar-refractivity contribution in [2.24, 2.45) is 5.92 Å². The number of aromatic nitrogens is 2. The van der Waals surface area contributed by atoms with Gasteiger partial charge < -0.3 is 10.1 Å². The Balaban J connectivity index is 1.82. The average Bonchev–Trinajstić information content (AvgIpc) is 2.92. The predicted molar refractivity (Wildman–Crippen MR) is 99.9 cm³/mol. The van der Waals surface area contributed by atoms with Gasteiger partial charge in [-0.25, -0.2) is 4.98 Å². The minimum atomic E-state index is 0.277. The standard InChI is InChI=1S/C18H18ClN3OS/c1-10-6-7-13-14(8-10)24-17-15(13)16(21-18(19)22-17)20-11-4-3-5-12(9-11)23-2/h3-5,9-10H,6-8H2,1-2H3,(H,20,21,22). The number of thiophene rings is 1. The molecule has 3 aromatic rings. The number of halogens is 1. The van der Waals surface area contributed by atoms with E-state index in [4.69, 9.17) is 16.3 Å². The molecule has 24 heavy (non-hydrogen) atoms. The number of nitrogens with zero attached hydrogens (tertiary/aromatic N) is 2. The molecule has 0 fully saturated rings. The van der Waals surface area contributed by atoms with Crippen LogP contribution in [0.15, 0.2) is 24.3 Å². The van der Waals surface area contributed by atoms with Gasteiger partial charge in [0.05, 0.1) is 12.5 Å². The fraction of sp³-hybridized carbons (Fsp3) is 0.333. The van der Waals surface area contributed by atoms with Crippen LogP contribution in [0.3, 0.4) is 0 Å². The second-order valence-electron chi connectivity index (χ2n) is 6.23. The zero-order valence-corrected chi connectivity index (χ0v) is 15.2. The molecule has 0 spiro atoms. The first-order valence-electron chi connectivity index (χ1n) is 8.03. The van der Waals surface area contributed by atoms with E-state index in [1.807, 2.05) is 24.3 Å². The molecular formula is C18H18ClN3OS. The quantitative estimate of drug-likeness (QED) is 0.651. The molecular weight excluding hydrogens is 342 g/mol. The number of ether oxygens (including phenoxy) is 1. The van der Waals surface area contributed by atoms with Crippen molar-refractivity contribution in [1.82, 2.24) is 9.97 Å². The van der Waals surface area contributed by atoms with Gasteiger partial charge in [-0.1, -0.05) is 13.0 Å². The minimum Gasteiger partial charge on any atom is -0.497 e. The third-order valence-electron chi connectivity index (χ3n) is 4.46. The van der Waals surface area contributed by atoms with Crippen LogP contribution in [0.2, 0.25) is 5.28 Å². The summed E-state index contributed by atoms with van der Waals surface area (Å²) in [5, 5.41) is 4.80. The Hall–Kier alpha value is -1.85. The lowest BCUT2D eigenvalue weighted by atomic mass is 9.89. The van der Waals surface area contributed by atoms with Crippen LogP contribution in [0.1, 0.15) is 23.8 Å². The summed E-state index contributed by atoms with van der Waals surface area (Å²) >= 11 is 7.91. The Kier molecular flexibility index (Phi) is 4.06. The van der Waals surface area contributed by atoms with Crippen LogP contribution in [-0.2, 0) is 12.8 Å². The molecule has 4 rings (SSSR count). The van der Waals surface area contributed by atoms with Crippen molar-refractivity contribution in [3.05, 3.63) is 40.0 Å². The molecule has 124 valence electrons. The van der Waals surface area contributed by atoms with Crippen LogP contribution in [0.4, 0.5) is 11.5 Å². The molecule has 2 aromatic heterocycles. The summed E-state index contributed by atoms with van der Waals surface area (Å²) in [4.78, 5) is 11.3. The van der Waals surface area contributed by atoms with E-state index in [1.54, 1.807) is 18.4 Å². The van der Waals surface area contributed by atoms with Crippen molar-refractivity contribution < 1.29 is 4.74 Å². The number of aryl methyl sites for hydroxylation is 1. The zero-order valence-electron chi connectivity index (χ0n) is 13.6. The Bertz CT molecular complexity index is 909. The van der Waals surface area contributed by atoms with E-state index in [9.17, 15) is 0 Å². The highest BCUT2D eigenvalue weighted by Crippen LogP contribution is 2.41. The van der Waals surface area contributed by atoms with E-state index in [0.717, 1.165) is 46.2 Å². The van der Waals surface area contributed by atoms with E-state index in [2.05, 4.69) is 22.2 Å². The molecule has 2 heterocycles. The second-order valence-corrected chi connectivity index (χ2v) is 7.65. The molecule has 1 aromatic carbocycles. The summed E-state index contributed by atoms with van der Waals surface area (Å²) in [6, 6.07) is 7.81. The second kappa shape index (κ2) is 6.22. The fourth-order valence-corrected chi connectivity index (χ4v) is 4.85. The third kappa shape index (κ3) is 2.82. The van der Waals surface area contributed by atoms with Crippen LogP contribution in [-0.4, -0.2) is 17.1 Å². The van der Waals surface area contributed by atoms with E-state index in [0.29, 0.717) is 0 Å². The lowest BCUT2D eigenvalue weighted by Crippen LogP contribution is -2.09. The number of hydrogen-bond donors (Lipinski definition) is 1. The van der Waals surface area contributed by atoms with Gasteiger partial charge in [-0.2, -0.15) is 4.98 Å². The molecule has 0 saturated carbocycles. The van der Waals surface area contributed by atoms with Crippen molar-refractivity contribution in [1.29, 1.82) is 0 Å². The van der Waals surface area contributed by atoms with E-state index in [-0.39, 0.29) is 5.28 Å². The van der Waals surface area contributed by atoms with Gasteiger partial charge in [-0.05, 0) is 54.5 Å². The third-order valence-corrected chi connectivity index (χ3v) is 5.78. The highest BCUT2D eigenvalue weighted by molar-refractivity contribution is 7.19. The molecule has 1 aliphatic rings. The first kappa shape index (κ1) is 15.7. The highest BCUT2D eigenvalue weighted by Gasteiger charge is 2.23. The predicted octanol–water partition coefficient (Wildman–Crippen LogP) is 5.22. The number of nitrogens with one attached hydrogen (secondary N) is 1. The monoisotopic (exact) mass is 359 g/mol. The van der Waals surface area contributed by atoms with Gasteiger partial charge in [0.15, 0.2) is 0 Å². The number of hydrogen-bond acceptors (Lipinski definition) is 5. The van der Waals surface area contributed by atoms with Crippen LogP contribution in [0.5, 0.6) is 5.75 Å². The van der Waals surface area contributed by atoms with Crippen LogP contribution in [0.25, 0.3) is 10.2 Å². The molecule has 4 nitrogen and oxygen atoms in total. The maximum Gasteiger partial charge on any atom is 0.225 e. The molecule has 0 aliphatic heterocycles. The molecule has 1 atom stereocenters. The van der Waals surface area contributed by atoms with Crippen molar-refractivity contribution in [2.45, 2.75) is 26.2 Å². The summed E-state index contributed by atoms with van der Waals surface area (Å²) in [6.45, 7) is 2.31. The molecule has 6 heteroatoms. The maximum atomic E-state index is 6.16. The summed E-state index contributed by atoms with van der Waals surface area (Å²) in [6.07, 6.45) is 3.40. The van der Waals surface area contributed by atoms with Crippen molar-refractivity contribution in [3.8, 4) is 5.75 Å². The molecule has 1 unspecified atom stereocenters. The van der Waals surface area contributed by atoms with E-state index < -0.39 is 0 Å². The lowest BCUT2D eigenvalue weighted by Gasteiger charge is -2.18. The average molecular weight is 360 g/mol. The summed E-state index contributed by atoms with van der Waals surface area (Å²) < 4.78 is 5.29. The number of benzene rings is 1. The smallest absolute Gasteiger partial charge is 0.225 e. The van der Waals surface area contributed by atoms with E-state index in [1.165, 1.54) is 16.9 Å². The molecule has 1 aliphatic carbocycles. The van der Waals surface area contributed by atoms with Crippen molar-refractivity contribution >= 4 is 44.7 Å². The Morgan fingerprint density at radius 3 is 3.04 bits per heavy atom. The lowest BCUT2D eigenvalue weighted by molar-refractivity contribution is 0.415.